The van der Waals surface area contributed by atoms with Gasteiger partial charge in [-0.15, -0.1) is 0 Å². The van der Waals surface area contributed by atoms with Crippen LogP contribution in [0.5, 0.6) is 0 Å². The number of hydrogen-bond donors (Lipinski definition) is 5. The standard InChI is InChI=1S/C6H5Br3N2.H3O4P/c7-5-2-1-4(10-11-9)3-6(5)8;1-5(2,3)4/h1-3,10-11H;(H3,1,2,3,4). The first-order valence-corrected chi connectivity index (χ1v) is 7.53. The van der Waals surface area contributed by atoms with Gasteiger partial charge in [-0.3, -0.25) is 0 Å². The van der Waals surface area contributed by atoms with Crippen molar-refractivity contribution in [1.29, 1.82) is 0 Å². The number of phosphoric acid groups is 1. The van der Waals surface area contributed by atoms with Crippen LogP contribution in [0.4, 0.5) is 5.69 Å². The van der Waals surface area contributed by atoms with E-state index in [1.807, 2.05) is 18.2 Å². The second kappa shape index (κ2) is 7.78. The lowest BCUT2D eigenvalue weighted by Gasteiger charge is -2.03. The molecule has 0 saturated heterocycles. The largest absolute Gasteiger partial charge is 0.466 e. The molecule has 0 saturated carbocycles. The minimum Gasteiger partial charge on any atom is -0.312 e. The third-order valence-electron chi connectivity index (χ3n) is 1.11. The van der Waals surface area contributed by atoms with Crippen LogP contribution in [0.25, 0.3) is 0 Å². The zero-order chi connectivity index (χ0) is 12.8. The van der Waals surface area contributed by atoms with Gasteiger partial charge in [0.05, 0.1) is 5.69 Å². The third kappa shape index (κ3) is 9.73. The maximum atomic E-state index is 8.88. The van der Waals surface area contributed by atoms with Crippen molar-refractivity contribution < 1.29 is 19.2 Å². The summed E-state index contributed by atoms with van der Waals surface area (Å²) in [5.41, 5.74) is 3.87. The van der Waals surface area contributed by atoms with E-state index in [0.717, 1.165) is 14.6 Å². The van der Waals surface area contributed by atoms with Gasteiger partial charge in [0.2, 0.25) is 0 Å². The van der Waals surface area contributed by atoms with Crippen LogP contribution in [0.2, 0.25) is 0 Å². The maximum Gasteiger partial charge on any atom is 0.466 e. The van der Waals surface area contributed by atoms with Crippen molar-refractivity contribution in [3.05, 3.63) is 27.1 Å². The zero-order valence-electron chi connectivity index (χ0n) is 7.56. The molecule has 0 aliphatic carbocycles. The first-order valence-electron chi connectivity index (χ1n) is 3.59. The molecule has 92 valence electrons. The highest BCUT2D eigenvalue weighted by atomic mass is 79.9. The molecule has 0 radical (unpaired) electrons. The van der Waals surface area contributed by atoms with Gasteiger partial charge >= 0.3 is 7.82 Å². The van der Waals surface area contributed by atoms with Gasteiger partial charge in [0, 0.05) is 25.1 Å². The van der Waals surface area contributed by atoms with Gasteiger partial charge in [-0.05, 0) is 50.1 Å². The highest BCUT2D eigenvalue weighted by Gasteiger charge is 2.00. The summed E-state index contributed by atoms with van der Waals surface area (Å²) in [5.74, 6) is 0. The summed E-state index contributed by atoms with van der Waals surface area (Å²) in [6, 6.07) is 5.86. The zero-order valence-corrected chi connectivity index (χ0v) is 13.2. The van der Waals surface area contributed by atoms with Gasteiger partial charge in [-0.1, -0.05) is 0 Å². The van der Waals surface area contributed by atoms with E-state index in [4.69, 9.17) is 19.2 Å². The van der Waals surface area contributed by atoms with Crippen LogP contribution in [0.3, 0.4) is 0 Å². The summed E-state index contributed by atoms with van der Waals surface area (Å²) in [7, 11) is -4.64. The second-order valence-electron chi connectivity index (χ2n) is 2.36. The minimum atomic E-state index is -4.64. The van der Waals surface area contributed by atoms with Gasteiger partial charge in [-0.25, -0.2) is 4.57 Å². The number of anilines is 1. The molecule has 0 aromatic heterocycles. The summed E-state index contributed by atoms with van der Waals surface area (Å²) in [5, 5.41) is 0. The average Bonchev–Trinajstić information content (AvgIpc) is 2.09. The molecule has 6 nitrogen and oxygen atoms in total. The first-order chi connectivity index (χ1) is 7.24. The molecule has 0 heterocycles. The molecule has 10 heteroatoms. The molecule has 0 atom stereocenters. The molecular weight excluding hydrogens is 435 g/mol. The maximum absolute atomic E-state index is 8.88. The lowest BCUT2D eigenvalue weighted by atomic mass is 10.3. The molecule has 0 amide bonds. The van der Waals surface area contributed by atoms with Gasteiger partial charge in [-0.2, -0.15) is 4.45 Å². The fraction of sp³-hybridized carbons (Fsp3) is 0. The molecular formula is C6H8Br3N2O4P. The summed E-state index contributed by atoms with van der Waals surface area (Å²) < 4.78 is 13.6. The van der Waals surface area contributed by atoms with E-state index < -0.39 is 7.82 Å². The molecule has 1 aromatic carbocycles. The molecule has 0 unspecified atom stereocenters. The Kier molecular flexibility index (Phi) is 8.04. The first kappa shape index (κ1) is 16.5. The third-order valence-corrected chi connectivity index (χ3v) is 3.19. The van der Waals surface area contributed by atoms with Crippen molar-refractivity contribution >= 4 is 61.5 Å². The predicted octanol–water partition coefficient (Wildman–Crippen LogP) is 2.51. The average molecular weight is 443 g/mol. The van der Waals surface area contributed by atoms with Crippen molar-refractivity contribution in [1.82, 2.24) is 4.45 Å². The van der Waals surface area contributed by atoms with E-state index in [-0.39, 0.29) is 0 Å². The van der Waals surface area contributed by atoms with Crippen molar-refractivity contribution in [2.24, 2.45) is 0 Å². The lowest BCUT2D eigenvalue weighted by Crippen LogP contribution is -2.07. The molecule has 0 aliphatic rings. The number of hydrazine groups is 1. The molecule has 16 heavy (non-hydrogen) atoms. The number of hydrogen-bond acceptors (Lipinski definition) is 3. The normalized spacial score (nSPS) is 10.4. The SMILES string of the molecule is BrNNc1ccc(Br)c(Br)c1.O=P(O)(O)O. The number of rotatable bonds is 2. The molecule has 0 aliphatic heterocycles. The Hall–Kier alpha value is 0.530. The fourth-order valence-corrected chi connectivity index (χ4v) is 1.48. The number of nitrogens with one attached hydrogen (secondary N) is 2. The van der Waals surface area contributed by atoms with E-state index in [2.05, 4.69) is 57.9 Å². The minimum absolute atomic E-state index is 0.983. The predicted molar refractivity (Wildman–Crippen MR) is 71.8 cm³/mol. The Morgan fingerprint density at radius 3 is 2.00 bits per heavy atom. The van der Waals surface area contributed by atoms with Crippen LogP contribution >= 0.6 is 55.8 Å². The topological polar surface area (TPSA) is 102 Å². The second-order valence-corrected chi connectivity index (χ2v) is 5.49. The number of benzene rings is 1. The van der Waals surface area contributed by atoms with Crippen molar-refractivity contribution in [2.45, 2.75) is 0 Å². The van der Waals surface area contributed by atoms with Crippen LogP contribution in [0.1, 0.15) is 0 Å². The quantitative estimate of drug-likeness (QED) is 0.274. The van der Waals surface area contributed by atoms with E-state index in [0.29, 0.717) is 0 Å². The van der Waals surface area contributed by atoms with Gasteiger partial charge in [0.25, 0.3) is 0 Å². The molecule has 1 aromatic rings. The molecule has 0 bridgehead atoms. The van der Waals surface area contributed by atoms with Gasteiger partial charge in [0.15, 0.2) is 0 Å². The van der Waals surface area contributed by atoms with Crippen LogP contribution in [-0.4, -0.2) is 14.7 Å². The van der Waals surface area contributed by atoms with Gasteiger partial charge < -0.3 is 20.1 Å². The van der Waals surface area contributed by atoms with E-state index in [9.17, 15) is 0 Å². The van der Waals surface area contributed by atoms with E-state index in [1.54, 1.807) is 0 Å². The molecule has 0 spiro atoms. The van der Waals surface area contributed by atoms with Crippen LogP contribution in [0.15, 0.2) is 27.1 Å². The van der Waals surface area contributed by atoms with E-state index in [1.165, 1.54) is 0 Å². The lowest BCUT2D eigenvalue weighted by molar-refractivity contribution is 0.275. The van der Waals surface area contributed by atoms with Crippen molar-refractivity contribution in [3.8, 4) is 0 Å². The van der Waals surface area contributed by atoms with Crippen LogP contribution < -0.4 is 9.88 Å². The van der Waals surface area contributed by atoms with Crippen molar-refractivity contribution in [3.63, 3.8) is 0 Å². The monoisotopic (exact) mass is 440 g/mol. The van der Waals surface area contributed by atoms with Gasteiger partial charge in [0.1, 0.15) is 0 Å². The Labute approximate surface area is 117 Å². The van der Waals surface area contributed by atoms with Crippen LogP contribution in [0, 0.1) is 0 Å². The molecule has 1 rings (SSSR count). The number of halogens is 3. The van der Waals surface area contributed by atoms with E-state index >= 15 is 0 Å². The summed E-state index contributed by atoms with van der Waals surface area (Å²) in [6.07, 6.45) is 0. The summed E-state index contributed by atoms with van der Waals surface area (Å²) in [4.78, 5) is 21.6. The Balaban J connectivity index is 0.000000385. The Bertz CT molecular complexity index is 378. The highest BCUT2D eigenvalue weighted by Crippen LogP contribution is 2.26. The smallest absolute Gasteiger partial charge is 0.312 e. The molecule has 5 N–H and O–H groups in total. The Morgan fingerprint density at radius 2 is 1.62 bits per heavy atom. The molecule has 0 fully saturated rings. The van der Waals surface area contributed by atoms with Crippen LogP contribution in [-0.2, 0) is 4.57 Å². The summed E-state index contributed by atoms with van der Waals surface area (Å²) >= 11 is 9.80. The Morgan fingerprint density at radius 1 is 1.12 bits per heavy atom. The van der Waals surface area contributed by atoms with Crippen molar-refractivity contribution in [2.75, 3.05) is 5.43 Å². The summed E-state index contributed by atoms with van der Waals surface area (Å²) in [6.45, 7) is 0. The highest BCUT2D eigenvalue weighted by molar-refractivity contribution is 9.13. The fourth-order valence-electron chi connectivity index (χ4n) is 0.628.